The van der Waals surface area contributed by atoms with Crippen LogP contribution in [-0.2, 0) is 0 Å². The minimum atomic E-state index is 0.496. The molecule has 0 amide bonds. The number of nitrogens with one attached hydrogen (secondary N) is 1. The fourth-order valence-corrected chi connectivity index (χ4v) is 2.08. The average molecular weight is 220 g/mol. The maximum Gasteiger partial charge on any atom is 0.0472 e. The first-order chi connectivity index (χ1) is 7.83. The summed E-state index contributed by atoms with van der Waals surface area (Å²) >= 11 is 0. The predicted octanol–water partition coefficient (Wildman–Crippen LogP) is 2.68. The molecule has 0 aromatic heterocycles. The molecule has 0 aliphatic rings. The Kier molecular flexibility index (Phi) is 6.12. The summed E-state index contributed by atoms with van der Waals surface area (Å²) < 4.78 is 0. The molecule has 0 spiro atoms. The minimum Gasteiger partial charge on any atom is -0.315 e. The summed E-state index contributed by atoms with van der Waals surface area (Å²) in [5, 5.41) is 3.45. The third-order valence-electron chi connectivity index (χ3n) is 3.03. The second-order valence-corrected chi connectivity index (χ2v) is 3.96. The van der Waals surface area contributed by atoms with E-state index in [2.05, 4.69) is 61.3 Å². The van der Waals surface area contributed by atoms with Gasteiger partial charge in [-0.25, -0.2) is 0 Å². The van der Waals surface area contributed by atoms with Crippen molar-refractivity contribution >= 4 is 0 Å². The molecule has 1 aromatic carbocycles. The Morgan fingerprint density at radius 3 is 2.19 bits per heavy atom. The third kappa shape index (κ3) is 3.62. The van der Waals surface area contributed by atoms with Crippen LogP contribution in [0.15, 0.2) is 30.3 Å². The smallest absolute Gasteiger partial charge is 0.0472 e. The molecule has 0 aliphatic heterocycles. The van der Waals surface area contributed by atoms with E-state index in [4.69, 9.17) is 0 Å². The number of hydrogen-bond acceptors (Lipinski definition) is 2. The van der Waals surface area contributed by atoms with Crippen LogP contribution in [0.1, 0.15) is 32.4 Å². The van der Waals surface area contributed by atoms with E-state index in [1.54, 1.807) is 0 Å². The number of rotatable bonds is 7. The van der Waals surface area contributed by atoms with E-state index in [1.165, 1.54) is 5.56 Å². The molecule has 2 heteroatoms. The van der Waals surface area contributed by atoms with Crippen molar-refractivity contribution in [2.45, 2.75) is 26.8 Å². The average Bonchev–Trinajstić information content (AvgIpc) is 2.35. The lowest BCUT2D eigenvalue weighted by molar-refractivity contribution is 0.214. The van der Waals surface area contributed by atoms with Gasteiger partial charge in [0.05, 0.1) is 0 Å². The van der Waals surface area contributed by atoms with Crippen molar-refractivity contribution in [3.8, 4) is 0 Å². The Balaban J connectivity index is 2.78. The highest BCUT2D eigenvalue weighted by molar-refractivity contribution is 5.19. The second-order valence-electron chi connectivity index (χ2n) is 3.96. The van der Waals surface area contributed by atoms with E-state index < -0.39 is 0 Å². The molecule has 1 atom stereocenters. The van der Waals surface area contributed by atoms with Gasteiger partial charge in [0.15, 0.2) is 0 Å². The lowest BCUT2D eigenvalue weighted by atomic mass is 10.1. The highest BCUT2D eigenvalue weighted by Crippen LogP contribution is 2.19. The molecular weight excluding hydrogens is 196 g/mol. The minimum absolute atomic E-state index is 0.496. The van der Waals surface area contributed by atoms with Crippen LogP contribution in [0.5, 0.6) is 0 Å². The van der Waals surface area contributed by atoms with Crippen LogP contribution < -0.4 is 5.32 Å². The summed E-state index contributed by atoms with van der Waals surface area (Å²) in [6.45, 7) is 10.9. The zero-order valence-corrected chi connectivity index (χ0v) is 10.7. The van der Waals surface area contributed by atoms with Gasteiger partial charge in [-0.2, -0.15) is 0 Å². The summed E-state index contributed by atoms with van der Waals surface area (Å²) in [5.74, 6) is 0. The number of nitrogens with zero attached hydrogens (tertiary/aromatic N) is 1. The van der Waals surface area contributed by atoms with E-state index in [1.807, 2.05) is 0 Å². The lowest BCUT2D eigenvalue weighted by Crippen LogP contribution is -2.35. The second kappa shape index (κ2) is 7.42. The highest BCUT2D eigenvalue weighted by atomic mass is 15.2. The van der Waals surface area contributed by atoms with Gasteiger partial charge in [0, 0.05) is 12.6 Å². The monoisotopic (exact) mass is 220 g/mol. The van der Waals surface area contributed by atoms with Crippen molar-refractivity contribution in [1.29, 1.82) is 0 Å². The predicted molar refractivity (Wildman–Crippen MR) is 70.6 cm³/mol. The van der Waals surface area contributed by atoms with Gasteiger partial charge < -0.3 is 5.32 Å². The van der Waals surface area contributed by atoms with Gasteiger partial charge in [0.25, 0.3) is 0 Å². The first-order valence-corrected chi connectivity index (χ1v) is 6.33. The molecule has 0 aliphatic carbocycles. The van der Waals surface area contributed by atoms with Gasteiger partial charge >= 0.3 is 0 Å². The Labute approximate surface area is 99.7 Å². The van der Waals surface area contributed by atoms with Gasteiger partial charge in [0.2, 0.25) is 0 Å². The molecule has 0 fully saturated rings. The van der Waals surface area contributed by atoms with Gasteiger partial charge in [-0.1, -0.05) is 51.1 Å². The zero-order valence-electron chi connectivity index (χ0n) is 10.7. The Morgan fingerprint density at radius 1 is 1.06 bits per heavy atom. The van der Waals surface area contributed by atoms with E-state index in [0.717, 1.165) is 26.2 Å². The molecule has 0 saturated carbocycles. The van der Waals surface area contributed by atoms with Crippen molar-refractivity contribution in [3.63, 3.8) is 0 Å². The van der Waals surface area contributed by atoms with Crippen molar-refractivity contribution in [1.82, 2.24) is 10.2 Å². The van der Waals surface area contributed by atoms with Gasteiger partial charge in [-0.3, -0.25) is 4.90 Å². The summed E-state index contributed by atoms with van der Waals surface area (Å²) in [7, 11) is 0. The Bertz CT molecular complexity index is 267. The van der Waals surface area contributed by atoms with Crippen molar-refractivity contribution < 1.29 is 0 Å². The lowest BCUT2D eigenvalue weighted by Gasteiger charge is -2.30. The highest BCUT2D eigenvalue weighted by Gasteiger charge is 2.16. The summed E-state index contributed by atoms with van der Waals surface area (Å²) in [6, 6.07) is 11.3. The van der Waals surface area contributed by atoms with E-state index in [9.17, 15) is 0 Å². The quantitative estimate of drug-likeness (QED) is 0.760. The first kappa shape index (κ1) is 13.2. The molecule has 1 unspecified atom stereocenters. The molecule has 0 saturated heterocycles. The molecule has 90 valence electrons. The van der Waals surface area contributed by atoms with E-state index in [-0.39, 0.29) is 0 Å². The van der Waals surface area contributed by atoms with Gasteiger partial charge in [0.1, 0.15) is 0 Å². The van der Waals surface area contributed by atoms with Crippen LogP contribution >= 0.6 is 0 Å². The summed E-state index contributed by atoms with van der Waals surface area (Å²) in [4.78, 5) is 2.50. The topological polar surface area (TPSA) is 15.3 Å². The molecule has 0 heterocycles. The van der Waals surface area contributed by atoms with Gasteiger partial charge in [-0.05, 0) is 25.2 Å². The number of hydrogen-bond donors (Lipinski definition) is 1. The van der Waals surface area contributed by atoms with Crippen molar-refractivity contribution in [2.24, 2.45) is 0 Å². The summed E-state index contributed by atoms with van der Waals surface area (Å²) in [5.41, 5.74) is 1.41. The van der Waals surface area contributed by atoms with Crippen molar-refractivity contribution in [2.75, 3.05) is 26.2 Å². The number of benzene rings is 1. The number of likely N-dealkylation sites (N-methyl/N-ethyl adjacent to an activating group) is 2. The van der Waals surface area contributed by atoms with Gasteiger partial charge in [-0.15, -0.1) is 0 Å². The zero-order chi connectivity index (χ0) is 11.8. The maximum atomic E-state index is 3.45. The van der Waals surface area contributed by atoms with Crippen LogP contribution in [0.25, 0.3) is 0 Å². The standard InChI is InChI=1S/C14H24N2/c1-4-15-12-14(16(5-2)6-3)13-10-8-7-9-11-13/h7-11,14-15H,4-6,12H2,1-3H3. The Morgan fingerprint density at radius 2 is 1.69 bits per heavy atom. The molecule has 1 rings (SSSR count). The molecule has 0 bridgehead atoms. The van der Waals surface area contributed by atoms with Crippen LogP contribution in [0, 0.1) is 0 Å². The molecule has 0 radical (unpaired) electrons. The fourth-order valence-electron chi connectivity index (χ4n) is 2.08. The molecule has 16 heavy (non-hydrogen) atoms. The Hall–Kier alpha value is -0.860. The molecule has 1 N–H and O–H groups in total. The maximum absolute atomic E-state index is 3.45. The van der Waals surface area contributed by atoms with Crippen LogP contribution in [0.2, 0.25) is 0 Å². The molecular formula is C14H24N2. The fraction of sp³-hybridized carbons (Fsp3) is 0.571. The first-order valence-electron chi connectivity index (χ1n) is 6.33. The third-order valence-corrected chi connectivity index (χ3v) is 3.03. The SMILES string of the molecule is CCNCC(c1ccccc1)N(CC)CC. The normalized spacial score (nSPS) is 13.0. The largest absolute Gasteiger partial charge is 0.315 e. The molecule has 2 nitrogen and oxygen atoms in total. The van der Waals surface area contributed by atoms with E-state index in [0.29, 0.717) is 6.04 Å². The van der Waals surface area contributed by atoms with E-state index >= 15 is 0 Å². The molecule has 1 aromatic rings. The van der Waals surface area contributed by atoms with Crippen molar-refractivity contribution in [3.05, 3.63) is 35.9 Å². The summed E-state index contributed by atoms with van der Waals surface area (Å²) in [6.07, 6.45) is 0. The van der Waals surface area contributed by atoms with Crippen LogP contribution in [0.3, 0.4) is 0 Å². The van der Waals surface area contributed by atoms with Crippen LogP contribution in [-0.4, -0.2) is 31.1 Å². The van der Waals surface area contributed by atoms with Crippen LogP contribution in [0.4, 0.5) is 0 Å².